The van der Waals surface area contributed by atoms with Gasteiger partial charge in [-0.25, -0.2) is 0 Å². The first kappa shape index (κ1) is 23.6. The van der Waals surface area contributed by atoms with Gasteiger partial charge in [-0.15, -0.1) is 0 Å². The molecule has 1 aliphatic heterocycles. The Hall–Kier alpha value is -3.06. The number of hydrogen-bond donors (Lipinski definition) is 2. The summed E-state index contributed by atoms with van der Waals surface area (Å²) in [6.07, 6.45) is 3.46. The second kappa shape index (κ2) is 11.5. The summed E-state index contributed by atoms with van der Waals surface area (Å²) < 4.78 is 10.5. The average Bonchev–Trinajstić information content (AvgIpc) is 2.82. The second-order valence-corrected chi connectivity index (χ2v) is 8.27. The molecule has 1 unspecified atom stereocenters. The molecule has 7 nitrogen and oxygen atoms in total. The maximum Gasteiger partial charge on any atom is 0.251 e. The molecular weight excluding hydrogens is 406 g/mol. The van der Waals surface area contributed by atoms with Crippen molar-refractivity contribution in [3.05, 3.63) is 59.2 Å². The van der Waals surface area contributed by atoms with Crippen LogP contribution >= 0.6 is 0 Å². The van der Waals surface area contributed by atoms with E-state index in [0.717, 1.165) is 25.1 Å². The molecule has 1 atom stereocenters. The fraction of sp³-hybridized carbons (Fsp3) is 0.440. The van der Waals surface area contributed by atoms with Crippen molar-refractivity contribution in [3.8, 4) is 11.5 Å². The molecule has 7 heteroatoms. The van der Waals surface area contributed by atoms with Crippen LogP contribution in [0.1, 0.15) is 45.5 Å². The Morgan fingerprint density at radius 2 is 1.75 bits per heavy atom. The molecule has 0 bridgehead atoms. The molecule has 0 aromatic heterocycles. The summed E-state index contributed by atoms with van der Waals surface area (Å²) in [6.45, 7) is 3.27. The molecule has 2 aromatic carbocycles. The Morgan fingerprint density at radius 3 is 2.50 bits per heavy atom. The highest BCUT2D eigenvalue weighted by molar-refractivity contribution is 5.95. The number of carbonyl (C=O) groups excluding carboxylic acids is 2. The molecule has 32 heavy (non-hydrogen) atoms. The summed E-state index contributed by atoms with van der Waals surface area (Å²) >= 11 is 0. The Labute approximate surface area is 190 Å². The largest absolute Gasteiger partial charge is 0.493 e. The lowest BCUT2D eigenvalue weighted by molar-refractivity contribution is 0.0943. The highest BCUT2D eigenvalue weighted by atomic mass is 16.5. The Bertz CT molecular complexity index is 931. The van der Waals surface area contributed by atoms with E-state index in [1.807, 2.05) is 18.2 Å². The van der Waals surface area contributed by atoms with Crippen LogP contribution in [-0.4, -0.2) is 57.6 Å². The highest BCUT2D eigenvalue weighted by Gasteiger charge is 2.17. The number of carbonyl (C=O) groups is 2. The molecule has 1 aliphatic rings. The van der Waals surface area contributed by atoms with Crippen LogP contribution in [0.15, 0.2) is 42.5 Å². The van der Waals surface area contributed by atoms with Crippen LogP contribution in [0.25, 0.3) is 0 Å². The van der Waals surface area contributed by atoms with Crippen LogP contribution in [0.3, 0.4) is 0 Å². The van der Waals surface area contributed by atoms with Crippen molar-refractivity contribution in [1.82, 2.24) is 15.5 Å². The summed E-state index contributed by atoms with van der Waals surface area (Å²) in [6, 6.07) is 12.4. The maximum atomic E-state index is 12.6. The van der Waals surface area contributed by atoms with E-state index in [9.17, 15) is 9.59 Å². The number of nitrogens with one attached hydrogen (secondary N) is 2. The lowest BCUT2D eigenvalue weighted by atomic mass is 9.95. The summed E-state index contributed by atoms with van der Waals surface area (Å²) in [5, 5.41) is 5.92. The normalized spacial score (nSPS) is 16.3. The van der Waals surface area contributed by atoms with E-state index in [2.05, 4.69) is 22.6 Å². The number of benzene rings is 2. The minimum Gasteiger partial charge on any atom is -0.493 e. The zero-order valence-corrected chi connectivity index (χ0v) is 19.1. The van der Waals surface area contributed by atoms with Gasteiger partial charge in [0.2, 0.25) is 0 Å². The molecule has 2 aromatic rings. The van der Waals surface area contributed by atoms with Crippen molar-refractivity contribution in [2.45, 2.75) is 25.8 Å². The minimum atomic E-state index is -0.224. The lowest BCUT2D eigenvalue weighted by Gasteiger charge is -2.29. The van der Waals surface area contributed by atoms with Crippen LogP contribution < -0.4 is 20.1 Å². The van der Waals surface area contributed by atoms with Crippen molar-refractivity contribution in [3.63, 3.8) is 0 Å². The summed E-state index contributed by atoms with van der Waals surface area (Å²) in [5.41, 5.74) is 1.94. The molecule has 2 amide bonds. The SMILES string of the molecule is COc1ccc(C(=O)NCc2cccc(C(=O)NCCC3CCCN(C)C3)c2)cc1OC. The number of hydrogen-bond acceptors (Lipinski definition) is 5. The third-order valence-electron chi connectivity index (χ3n) is 5.85. The van der Waals surface area contributed by atoms with E-state index < -0.39 is 0 Å². The second-order valence-electron chi connectivity index (χ2n) is 8.27. The minimum absolute atomic E-state index is 0.0813. The van der Waals surface area contributed by atoms with Crippen molar-refractivity contribution >= 4 is 11.8 Å². The Balaban J connectivity index is 1.51. The summed E-state index contributed by atoms with van der Waals surface area (Å²) in [5.74, 6) is 1.41. The van der Waals surface area contributed by atoms with Gasteiger partial charge < -0.3 is 25.0 Å². The first-order chi connectivity index (χ1) is 15.5. The van der Waals surface area contributed by atoms with E-state index in [4.69, 9.17) is 9.47 Å². The first-order valence-corrected chi connectivity index (χ1v) is 11.1. The van der Waals surface area contributed by atoms with Gasteiger partial charge in [0.05, 0.1) is 14.2 Å². The molecule has 1 saturated heterocycles. The molecule has 172 valence electrons. The number of piperidine rings is 1. The zero-order valence-electron chi connectivity index (χ0n) is 19.1. The summed E-state index contributed by atoms with van der Waals surface area (Å²) in [7, 11) is 5.24. The highest BCUT2D eigenvalue weighted by Crippen LogP contribution is 2.27. The molecule has 0 saturated carbocycles. The van der Waals surface area contributed by atoms with Crippen LogP contribution in [0, 0.1) is 5.92 Å². The number of likely N-dealkylation sites (tertiary alicyclic amines) is 1. The lowest BCUT2D eigenvalue weighted by Crippen LogP contribution is -2.34. The fourth-order valence-corrected chi connectivity index (χ4v) is 4.09. The summed E-state index contributed by atoms with van der Waals surface area (Å²) in [4.78, 5) is 27.4. The van der Waals surface area contributed by atoms with E-state index >= 15 is 0 Å². The van der Waals surface area contributed by atoms with Gasteiger partial charge in [0.25, 0.3) is 11.8 Å². The quantitative estimate of drug-likeness (QED) is 0.628. The molecule has 0 aliphatic carbocycles. The monoisotopic (exact) mass is 439 g/mol. The fourth-order valence-electron chi connectivity index (χ4n) is 4.09. The number of methoxy groups -OCH3 is 2. The molecule has 0 spiro atoms. The molecule has 2 N–H and O–H groups in total. The van der Waals surface area contributed by atoms with Crippen molar-refractivity contribution < 1.29 is 19.1 Å². The van der Waals surface area contributed by atoms with Crippen molar-refractivity contribution in [1.29, 1.82) is 0 Å². The van der Waals surface area contributed by atoms with E-state index in [1.165, 1.54) is 20.0 Å². The standard InChI is InChI=1S/C25H33N3O4/c1-28-13-5-7-18(17-28)11-12-26-24(29)20-8-4-6-19(14-20)16-27-25(30)21-9-10-22(31-2)23(15-21)32-3/h4,6,8-10,14-15,18H,5,7,11-13,16-17H2,1-3H3,(H,26,29)(H,27,30). The smallest absolute Gasteiger partial charge is 0.251 e. The third-order valence-corrected chi connectivity index (χ3v) is 5.85. The Morgan fingerprint density at radius 1 is 1.00 bits per heavy atom. The van der Waals surface area contributed by atoms with Crippen LogP contribution in [-0.2, 0) is 6.54 Å². The van der Waals surface area contributed by atoms with Crippen LogP contribution in [0.5, 0.6) is 11.5 Å². The van der Waals surface area contributed by atoms with Gasteiger partial charge in [-0.3, -0.25) is 9.59 Å². The third kappa shape index (κ3) is 6.47. The predicted molar refractivity (Wildman–Crippen MR) is 124 cm³/mol. The topological polar surface area (TPSA) is 79.9 Å². The van der Waals surface area contributed by atoms with E-state index in [-0.39, 0.29) is 11.8 Å². The average molecular weight is 440 g/mol. The van der Waals surface area contributed by atoms with Gasteiger partial charge >= 0.3 is 0 Å². The van der Waals surface area contributed by atoms with Crippen molar-refractivity contribution in [2.24, 2.45) is 5.92 Å². The number of ether oxygens (including phenoxy) is 2. The van der Waals surface area contributed by atoms with Gasteiger partial charge in [-0.05, 0) is 74.7 Å². The zero-order chi connectivity index (χ0) is 22.9. The van der Waals surface area contributed by atoms with Crippen molar-refractivity contribution in [2.75, 3.05) is 40.9 Å². The van der Waals surface area contributed by atoms with Gasteiger partial charge in [0, 0.05) is 30.8 Å². The molecule has 1 heterocycles. The molecular formula is C25H33N3O4. The van der Waals surface area contributed by atoms with Gasteiger partial charge in [-0.1, -0.05) is 12.1 Å². The molecule has 0 radical (unpaired) electrons. The van der Waals surface area contributed by atoms with Gasteiger partial charge in [-0.2, -0.15) is 0 Å². The first-order valence-electron chi connectivity index (χ1n) is 11.1. The van der Waals surface area contributed by atoms with Gasteiger partial charge in [0.1, 0.15) is 0 Å². The van der Waals surface area contributed by atoms with E-state index in [0.29, 0.717) is 41.6 Å². The van der Waals surface area contributed by atoms with Gasteiger partial charge in [0.15, 0.2) is 11.5 Å². The maximum absolute atomic E-state index is 12.6. The molecule has 1 fully saturated rings. The molecule has 3 rings (SSSR count). The Kier molecular flexibility index (Phi) is 8.50. The number of amides is 2. The van der Waals surface area contributed by atoms with Crippen LogP contribution in [0.4, 0.5) is 0 Å². The number of nitrogens with zero attached hydrogens (tertiary/aromatic N) is 1. The van der Waals surface area contributed by atoms with Crippen LogP contribution in [0.2, 0.25) is 0 Å². The van der Waals surface area contributed by atoms with E-state index in [1.54, 1.807) is 31.4 Å². The predicted octanol–water partition coefficient (Wildman–Crippen LogP) is 3.10. The number of rotatable bonds is 9.